The van der Waals surface area contributed by atoms with Crippen molar-refractivity contribution in [2.24, 2.45) is 5.73 Å². The molecule has 27 heavy (non-hydrogen) atoms. The summed E-state index contributed by atoms with van der Waals surface area (Å²) in [7, 11) is 0. The van der Waals surface area contributed by atoms with Crippen molar-refractivity contribution >= 4 is 11.9 Å². The lowest BCUT2D eigenvalue weighted by molar-refractivity contribution is 0.0695. The highest BCUT2D eigenvalue weighted by molar-refractivity contribution is 6.08. The summed E-state index contributed by atoms with van der Waals surface area (Å²) in [4.78, 5) is 23.8. The summed E-state index contributed by atoms with van der Waals surface area (Å²) in [6.07, 6.45) is 0. The molecule has 3 aromatic rings. The van der Waals surface area contributed by atoms with Gasteiger partial charge in [0, 0.05) is 12.1 Å². The van der Waals surface area contributed by atoms with Crippen LogP contribution in [0.3, 0.4) is 0 Å². The van der Waals surface area contributed by atoms with Gasteiger partial charge in [-0.1, -0.05) is 48.5 Å². The third-order valence-electron chi connectivity index (χ3n) is 4.53. The van der Waals surface area contributed by atoms with Crippen LogP contribution in [0.4, 0.5) is 0 Å². The van der Waals surface area contributed by atoms with Gasteiger partial charge in [-0.2, -0.15) is 0 Å². The number of aryl methyl sites for hydroxylation is 1. The Labute approximate surface area is 156 Å². The van der Waals surface area contributed by atoms with Crippen LogP contribution in [-0.2, 0) is 6.54 Å². The van der Waals surface area contributed by atoms with Gasteiger partial charge in [0.2, 0.25) is 0 Å². The summed E-state index contributed by atoms with van der Waals surface area (Å²) >= 11 is 0. The zero-order valence-corrected chi connectivity index (χ0v) is 14.8. The largest absolute Gasteiger partial charge is 0.478 e. The van der Waals surface area contributed by atoms with Crippen molar-refractivity contribution in [3.63, 3.8) is 0 Å². The minimum Gasteiger partial charge on any atom is -0.478 e. The minimum atomic E-state index is -1.17. The summed E-state index contributed by atoms with van der Waals surface area (Å²) < 4.78 is 0. The monoisotopic (exact) mass is 361 g/mol. The maximum atomic E-state index is 11.9. The van der Waals surface area contributed by atoms with Gasteiger partial charge in [-0.25, -0.2) is 9.59 Å². The smallest absolute Gasteiger partial charge is 0.336 e. The van der Waals surface area contributed by atoms with E-state index >= 15 is 0 Å². The van der Waals surface area contributed by atoms with Gasteiger partial charge in [0.15, 0.2) is 0 Å². The quantitative estimate of drug-likeness (QED) is 0.633. The van der Waals surface area contributed by atoms with Gasteiger partial charge in [0.25, 0.3) is 0 Å². The number of carbonyl (C=O) groups is 2. The number of nitrogens with two attached hydrogens (primary N) is 1. The van der Waals surface area contributed by atoms with Gasteiger partial charge in [-0.3, -0.25) is 0 Å². The molecular weight excluding hydrogens is 342 g/mol. The average Bonchev–Trinajstić information content (AvgIpc) is 2.67. The van der Waals surface area contributed by atoms with Crippen molar-refractivity contribution in [1.29, 1.82) is 0 Å². The molecule has 0 heterocycles. The molecule has 0 aliphatic heterocycles. The third kappa shape index (κ3) is 3.45. The predicted octanol–water partition coefficient (Wildman–Crippen LogP) is 4.18. The highest BCUT2D eigenvalue weighted by Crippen LogP contribution is 2.38. The highest BCUT2D eigenvalue weighted by Gasteiger charge is 2.24. The summed E-state index contributed by atoms with van der Waals surface area (Å²) in [5.74, 6) is -2.33. The van der Waals surface area contributed by atoms with Crippen LogP contribution in [0.25, 0.3) is 22.3 Å². The molecule has 0 saturated heterocycles. The van der Waals surface area contributed by atoms with E-state index in [1.807, 2.05) is 36.4 Å². The Kier molecular flexibility index (Phi) is 5.05. The summed E-state index contributed by atoms with van der Waals surface area (Å²) in [6.45, 7) is 1.99. The Morgan fingerprint density at radius 3 is 2.19 bits per heavy atom. The molecule has 5 heteroatoms. The zero-order valence-electron chi connectivity index (χ0n) is 14.8. The molecule has 0 atom stereocenters. The van der Waals surface area contributed by atoms with Crippen molar-refractivity contribution in [2.45, 2.75) is 13.5 Å². The molecule has 3 rings (SSSR count). The summed E-state index contributed by atoms with van der Waals surface area (Å²) in [5, 5.41) is 19.4. The van der Waals surface area contributed by atoms with Crippen LogP contribution in [0, 0.1) is 6.92 Å². The van der Waals surface area contributed by atoms with E-state index in [2.05, 4.69) is 0 Å². The van der Waals surface area contributed by atoms with Gasteiger partial charge in [0.05, 0.1) is 11.1 Å². The van der Waals surface area contributed by atoms with E-state index in [0.29, 0.717) is 17.7 Å². The summed E-state index contributed by atoms with van der Waals surface area (Å²) in [6, 6.07) is 17.8. The number of benzene rings is 3. The topological polar surface area (TPSA) is 101 Å². The van der Waals surface area contributed by atoms with E-state index in [9.17, 15) is 19.8 Å². The first-order valence-electron chi connectivity index (χ1n) is 8.43. The van der Waals surface area contributed by atoms with Gasteiger partial charge < -0.3 is 15.9 Å². The Balaban J connectivity index is 2.43. The molecule has 0 spiro atoms. The average molecular weight is 361 g/mol. The van der Waals surface area contributed by atoms with Gasteiger partial charge in [0.1, 0.15) is 0 Å². The van der Waals surface area contributed by atoms with E-state index in [0.717, 1.165) is 16.7 Å². The van der Waals surface area contributed by atoms with Crippen LogP contribution in [0.5, 0.6) is 0 Å². The molecule has 3 aromatic carbocycles. The van der Waals surface area contributed by atoms with Crippen molar-refractivity contribution < 1.29 is 19.8 Å². The van der Waals surface area contributed by atoms with Crippen molar-refractivity contribution in [3.05, 3.63) is 82.9 Å². The molecule has 0 aliphatic carbocycles. The van der Waals surface area contributed by atoms with Crippen molar-refractivity contribution in [1.82, 2.24) is 0 Å². The molecule has 0 saturated carbocycles. The first-order valence-corrected chi connectivity index (χ1v) is 8.43. The van der Waals surface area contributed by atoms with E-state index in [-0.39, 0.29) is 16.7 Å². The molecule has 0 unspecified atom stereocenters. The number of carboxylic acid groups (broad SMARTS) is 2. The lowest BCUT2D eigenvalue weighted by atomic mass is 9.86. The Morgan fingerprint density at radius 2 is 1.59 bits per heavy atom. The van der Waals surface area contributed by atoms with E-state index in [1.165, 1.54) is 12.1 Å². The Hall–Kier alpha value is -3.44. The van der Waals surface area contributed by atoms with Crippen LogP contribution in [0.2, 0.25) is 0 Å². The molecule has 0 bridgehead atoms. The molecular formula is C22H19NO4. The van der Waals surface area contributed by atoms with Crippen molar-refractivity contribution in [2.75, 3.05) is 0 Å². The second-order valence-corrected chi connectivity index (χ2v) is 6.24. The second kappa shape index (κ2) is 7.43. The normalized spacial score (nSPS) is 10.6. The molecule has 5 nitrogen and oxygen atoms in total. The highest BCUT2D eigenvalue weighted by atomic mass is 16.4. The Morgan fingerprint density at radius 1 is 0.889 bits per heavy atom. The summed E-state index contributed by atoms with van der Waals surface area (Å²) in [5.41, 5.74) is 9.46. The predicted molar refractivity (Wildman–Crippen MR) is 104 cm³/mol. The molecule has 0 aliphatic rings. The van der Waals surface area contributed by atoms with Crippen LogP contribution >= 0.6 is 0 Å². The van der Waals surface area contributed by atoms with Crippen LogP contribution in [0.1, 0.15) is 31.8 Å². The fraction of sp³-hybridized carbons (Fsp3) is 0.0909. The van der Waals surface area contributed by atoms with E-state index in [1.54, 1.807) is 19.1 Å². The molecule has 136 valence electrons. The van der Waals surface area contributed by atoms with Crippen LogP contribution < -0.4 is 5.73 Å². The standard InChI is InChI=1S/C22H19NO4/c1-13-7-9-17(21(24)25)20(19(13)22(26)27)16-10-8-14(12-23)11-18(16)15-5-3-2-4-6-15/h2-11H,12,23H2,1H3,(H,24,25)(H,26,27). The van der Waals surface area contributed by atoms with Crippen LogP contribution in [-0.4, -0.2) is 22.2 Å². The number of aromatic carboxylic acids is 2. The lowest BCUT2D eigenvalue weighted by Gasteiger charge is -2.17. The minimum absolute atomic E-state index is 0.00687. The van der Waals surface area contributed by atoms with E-state index in [4.69, 9.17) is 5.73 Å². The molecule has 0 amide bonds. The number of hydrogen-bond donors (Lipinski definition) is 3. The first-order chi connectivity index (χ1) is 12.9. The maximum Gasteiger partial charge on any atom is 0.336 e. The second-order valence-electron chi connectivity index (χ2n) is 6.24. The first kappa shape index (κ1) is 18.4. The van der Waals surface area contributed by atoms with Crippen molar-refractivity contribution in [3.8, 4) is 22.3 Å². The molecule has 4 N–H and O–H groups in total. The van der Waals surface area contributed by atoms with Crippen LogP contribution in [0.15, 0.2) is 60.7 Å². The van der Waals surface area contributed by atoms with Gasteiger partial charge >= 0.3 is 11.9 Å². The zero-order chi connectivity index (χ0) is 19.6. The Bertz CT molecular complexity index is 1030. The van der Waals surface area contributed by atoms with Gasteiger partial charge in [-0.15, -0.1) is 0 Å². The fourth-order valence-corrected chi connectivity index (χ4v) is 3.23. The van der Waals surface area contributed by atoms with E-state index < -0.39 is 11.9 Å². The SMILES string of the molecule is Cc1ccc(C(=O)O)c(-c2ccc(CN)cc2-c2ccccc2)c1C(=O)O. The molecule has 0 aromatic heterocycles. The lowest BCUT2D eigenvalue weighted by Crippen LogP contribution is -2.10. The van der Waals surface area contributed by atoms with Gasteiger partial charge in [-0.05, 0) is 46.9 Å². The number of hydrogen-bond acceptors (Lipinski definition) is 3. The number of rotatable bonds is 5. The molecule has 0 radical (unpaired) electrons. The third-order valence-corrected chi connectivity index (χ3v) is 4.53. The number of carboxylic acids is 2. The maximum absolute atomic E-state index is 11.9. The molecule has 0 fully saturated rings. The fourth-order valence-electron chi connectivity index (χ4n) is 3.23.